The Hall–Kier alpha value is -1.50. The van der Waals surface area contributed by atoms with Gasteiger partial charge in [0.25, 0.3) is 0 Å². The van der Waals surface area contributed by atoms with Crippen molar-refractivity contribution in [3.05, 3.63) is 29.3 Å². The lowest BCUT2D eigenvalue weighted by Crippen LogP contribution is -2.76. The minimum atomic E-state index is -0.180. The van der Waals surface area contributed by atoms with Crippen molar-refractivity contribution in [3.8, 4) is 17.6 Å². The Balaban J connectivity index is 1.43. The van der Waals surface area contributed by atoms with Gasteiger partial charge in [-0.3, -0.25) is 0 Å². The average molecular weight is 460 g/mol. The van der Waals surface area contributed by atoms with Crippen molar-refractivity contribution < 1.29 is 9.84 Å². The van der Waals surface area contributed by atoms with Gasteiger partial charge in [-0.15, -0.1) is 0 Å². The van der Waals surface area contributed by atoms with Crippen molar-refractivity contribution >= 4 is 0 Å². The van der Waals surface area contributed by atoms with E-state index >= 15 is 0 Å². The smallest absolute Gasteiger partial charge is 0.115 e. The third kappa shape index (κ3) is 2.91. The topological polar surface area (TPSA) is 55.5 Å². The summed E-state index contributed by atoms with van der Waals surface area (Å²) in [6, 6.07) is 6.13. The molecule has 4 saturated carbocycles. The first kappa shape index (κ1) is 21.8. The Labute approximate surface area is 205 Å². The summed E-state index contributed by atoms with van der Waals surface area (Å²) in [5.74, 6) is 10.8. The van der Waals surface area contributed by atoms with Crippen LogP contribution in [0.15, 0.2) is 18.2 Å². The van der Waals surface area contributed by atoms with E-state index in [2.05, 4.69) is 31.8 Å². The molecule has 2 spiro atoms. The van der Waals surface area contributed by atoms with Crippen LogP contribution in [-0.2, 0) is 17.6 Å². The molecule has 1 aromatic rings. The fourth-order valence-corrected chi connectivity index (χ4v) is 10.4. The fourth-order valence-electron chi connectivity index (χ4n) is 10.4. The highest BCUT2D eigenvalue weighted by molar-refractivity contribution is 5.39. The Morgan fingerprint density at radius 3 is 2.71 bits per heavy atom. The molecule has 3 N–H and O–H groups in total. The summed E-state index contributed by atoms with van der Waals surface area (Å²) in [5.41, 5.74) is 9.90. The molecule has 0 aromatic heterocycles. The van der Waals surface area contributed by atoms with Crippen LogP contribution in [0, 0.1) is 52.8 Å². The summed E-state index contributed by atoms with van der Waals surface area (Å²) in [5, 5.41) is 10.3. The summed E-state index contributed by atoms with van der Waals surface area (Å²) in [6.45, 7) is 4.62. The number of phenolic OH excluding ortho intramolecular Hbond substituents is 1. The van der Waals surface area contributed by atoms with Crippen LogP contribution >= 0.6 is 0 Å². The van der Waals surface area contributed by atoms with E-state index in [1.807, 2.05) is 12.1 Å². The lowest BCUT2D eigenvalue weighted by atomic mass is 9.42. The molecular formula is C31H41NO2. The van der Waals surface area contributed by atoms with E-state index < -0.39 is 0 Å². The second-order valence-electron chi connectivity index (χ2n) is 13.5. The maximum atomic E-state index is 10.3. The number of ether oxygens (including phenoxy) is 1. The van der Waals surface area contributed by atoms with Crippen LogP contribution in [0.25, 0.3) is 0 Å². The van der Waals surface area contributed by atoms with Gasteiger partial charge >= 0.3 is 0 Å². The second-order valence-corrected chi connectivity index (χ2v) is 13.5. The van der Waals surface area contributed by atoms with Gasteiger partial charge in [-0.2, -0.15) is 0 Å². The highest BCUT2D eigenvalue weighted by atomic mass is 16.5. The molecule has 2 heterocycles. The van der Waals surface area contributed by atoms with Gasteiger partial charge in [0, 0.05) is 18.4 Å². The predicted octanol–water partition coefficient (Wildman–Crippen LogP) is 5.62. The number of fused-ring (bicyclic) bond motifs is 2. The number of benzene rings is 1. The van der Waals surface area contributed by atoms with E-state index in [4.69, 9.17) is 10.5 Å². The van der Waals surface area contributed by atoms with E-state index in [-0.39, 0.29) is 23.2 Å². The standard InChI is InChI=1S/C31H41NO2/c1-29(2)26-16-22-9-11-24-21-14-20-8-10-23(33)15-19(20)6-5-7-25(28(26)32)31(22,34-29)27(24)18-30(17-21)12-3-4-13-30/h8,10,15,21-22,24-28,33H,3-4,6,9,11-14,16-18,32H2,1-2H3/t21-,22+,24-,25+,26+,27-,28+,31+/m1/s1. The Kier molecular flexibility index (Phi) is 4.65. The fraction of sp³-hybridized carbons (Fsp3) is 0.742. The van der Waals surface area contributed by atoms with Crippen LogP contribution in [0.2, 0.25) is 0 Å². The van der Waals surface area contributed by atoms with Crippen molar-refractivity contribution in [2.45, 2.75) is 102 Å². The van der Waals surface area contributed by atoms with Crippen LogP contribution in [0.5, 0.6) is 5.75 Å². The Morgan fingerprint density at radius 2 is 1.88 bits per heavy atom. The van der Waals surface area contributed by atoms with E-state index in [9.17, 15) is 5.11 Å². The van der Waals surface area contributed by atoms with Gasteiger partial charge < -0.3 is 15.6 Å². The Bertz CT molecular complexity index is 1060. The highest BCUT2D eigenvalue weighted by Gasteiger charge is 2.70. The first-order chi connectivity index (χ1) is 16.3. The number of nitrogens with two attached hydrogens (primary N) is 1. The molecule has 2 aliphatic heterocycles. The molecule has 3 heteroatoms. The molecule has 6 fully saturated rings. The maximum Gasteiger partial charge on any atom is 0.115 e. The van der Waals surface area contributed by atoms with Crippen molar-refractivity contribution in [1.82, 2.24) is 0 Å². The van der Waals surface area contributed by atoms with E-state index in [1.54, 1.807) is 0 Å². The van der Waals surface area contributed by atoms with Crippen LogP contribution < -0.4 is 5.73 Å². The van der Waals surface area contributed by atoms with Gasteiger partial charge in [-0.05, 0) is 118 Å². The van der Waals surface area contributed by atoms with Gasteiger partial charge in [0.2, 0.25) is 0 Å². The lowest BCUT2D eigenvalue weighted by molar-refractivity contribution is -0.333. The van der Waals surface area contributed by atoms with Crippen molar-refractivity contribution in [2.75, 3.05) is 0 Å². The Morgan fingerprint density at radius 1 is 1.06 bits per heavy atom. The highest BCUT2D eigenvalue weighted by Crippen LogP contribution is 2.68. The predicted molar refractivity (Wildman–Crippen MR) is 134 cm³/mol. The second kappa shape index (κ2) is 7.27. The van der Waals surface area contributed by atoms with Gasteiger partial charge in [0.05, 0.1) is 17.1 Å². The van der Waals surface area contributed by atoms with E-state index in [0.29, 0.717) is 47.2 Å². The zero-order valence-electron chi connectivity index (χ0n) is 21.0. The molecule has 8 rings (SSSR count). The molecule has 7 aliphatic rings. The zero-order valence-corrected chi connectivity index (χ0v) is 21.0. The molecule has 3 nitrogen and oxygen atoms in total. The normalized spacial score (nSPS) is 45.1. The summed E-state index contributed by atoms with van der Waals surface area (Å²) in [4.78, 5) is 0. The largest absolute Gasteiger partial charge is 0.508 e. The van der Waals surface area contributed by atoms with Crippen LogP contribution in [0.1, 0.15) is 82.8 Å². The van der Waals surface area contributed by atoms with Crippen molar-refractivity contribution in [2.24, 2.45) is 46.7 Å². The molecule has 34 heavy (non-hydrogen) atoms. The molecule has 1 aromatic carbocycles. The summed E-state index contributed by atoms with van der Waals surface area (Å²) in [7, 11) is 0. The zero-order chi connectivity index (χ0) is 23.3. The number of rotatable bonds is 0. The number of phenols is 1. The third-order valence-corrected chi connectivity index (χ3v) is 11.6. The number of hydrogen-bond donors (Lipinski definition) is 2. The first-order valence-corrected chi connectivity index (χ1v) is 14.1. The molecule has 2 saturated heterocycles. The molecule has 5 bridgehead atoms. The summed E-state index contributed by atoms with van der Waals surface area (Å²) >= 11 is 0. The van der Waals surface area contributed by atoms with Crippen molar-refractivity contribution in [1.29, 1.82) is 0 Å². The molecule has 8 atom stereocenters. The maximum absolute atomic E-state index is 10.3. The summed E-state index contributed by atoms with van der Waals surface area (Å²) < 4.78 is 7.40. The van der Waals surface area contributed by atoms with Gasteiger partial charge in [-0.25, -0.2) is 0 Å². The SMILES string of the molecule is CC1(C)O[C@@]23[C@H]4CC[C@@H]5[C@H](Cc6ccc(O)cc6CC#C[C@H]2[C@H](N)[C@@H]1C4)CC1(CCCC1)C[C@H]53. The molecule has 182 valence electrons. The minimum absolute atomic E-state index is 0.0931. The van der Waals surface area contributed by atoms with Gasteiger partial charge in [0.15, 0.2) is 0 Å². The van der Waals surface area contributed by atoms with Gasteiger partial charge in [0.1, 0.15) is 5.75 Å². The van der Waals surface area contributed by atoms with Crippen molar-refractivity contribution in [3.63, 3.8) is 0 Å². The molecule has 0 radical (unpaired) electrons. The average Bonchev–Trinajstić information content (AvgIpc) is 3.23. The number of aromatic hydroxyl groups is 1. The van der Waals surface area contributed by atoms with E-state index in [1.165, 1.54) is 68.9 Å². The molecule has 0 amide bonds. The first-order valence-electron chi connectivity index (χ1n) is 14.1. The van der Waals surface area contributed by atoms with Crippen LogP contribution in [0.3, 0.4) is 0 Å². The van der Waals surface area contributed by atoms with Crippen LogP contribution in [0.4, 0.5) is 0 Å². The quantitative estimate of drug-likeness (QED) is 0.495. The molecule has 0 unspecified atom stereocenters. The minimum Gasteiger partial charge on any atom is -0.508 e. The van der Waals surface area contributed by atoms with E-state index in [0.717, 1.165) is 6.42 Å². The lowest BCUT2D eigenvalue weighted by Gasteiger charge is -2.71. The molecule has 5 aliphatic carbocycles. The number of hydrogen-bond acceptors (Lipinski definition) is 3. The van der Waals surface area contributed by atoms with Crippen LogP contribution in [-0.4, -0.2) is 22.4 Å². The molecular weight excluding hydrogens is 418 g/mol. The van der Waals surface area contributed by atoms with Gasteiger partial charge in [-0.1, -0.05) is 30.7 Å². The summed E-state index contributed by atoms with van der Waals surface area (Å²) in [6.07, 6.45) is 14.0. The monoisotopic (exact) mass is 459 g/mol. The third-order valence-electron chi connectivity index (χ3n) is 11.6.